The Morgan fingerprint density at radius 2 is 2.04 bits per heavy atom. The van der Waals surface area contributed by atoms with Crippen molar-refractivity contribution in [2.24, 2.45) is 0 Å². The molecule has 0 radical (unpaired) electrons. The lowest BCUT2D eigenvalue weighted by molar-refractivity contribution is 0.0378. The van der Waals surface area contributed by atoms with Crippen LogP contribution >= 0.6 is 0 Å². The topological polar surface area (TPSA) is 81.9 Å². The predicted molar refractivity (Wildman–Crippen MR) is 93.2 cm³/mol. The summed E-state index contributed by atoms with van der Waals surface area (Å²) in [6, 6.07) is 5.96. The summed E-state index contributed by atoms with van der Waals surface area (Å²) < 4.78 is 21.3. The number of rotatable bonds is 8. The number of ether oxygens (including phenoxy) is 3. The molecule has 1 fully saturated rings. The second-order valence-corrected chi connectivity index (χ2v) is 5.70. The molecule has 0 amide bonds. The van der Waals surface area contributed by atoms with Crippen LogP contribution in [0, 0.1) is 0 Å². The summed E-state index contributed by atoms with van der Waals surface area (Å²) in [6.07, 6.45) is 1.00. The van der Waals surface area contributed by atoms with Gasteiger partial charge in [0.2, 0.25) is 5.82 Å². The minimum Gasteiger partial charge on any atom is -0.493 e. The Kier molecular flexibility index (Phi) is 6.08. The van der Waals surface area contributed by atoms with Crippen molar-refractivity contribution in [3.05, 3.63) is 18.2 Å². The molecule has 8 heteroatoms. The van der Waals surface area contributed by atoms with E-state index in [1.54, 1.807) is 14.2 Å². The molecule has 0 aliphatic carbocycles. The lowest BCUT2D eigenvalue weighted by Gasteiger charge is -2.26. The molecular weight excluding hydrogens is 324 g/mol. The van der Waals surface area contributed by atoms with Crippen molar-refractivity contribution in [2.45, 2.75) is 6.42 Å². The van der Waals surface area contributed by atoms with E-state index in [9.17, 15) is 0 Å². The van der Waals surface area contributed by atoms with Crippen LogP contribution in [-0.4, -0.2) is 68.7 Å². The standard InChI is InChI=1S/C17H24N4O4/c1-22-14-6-3-5-13(15(14)23-2)16-19-17(25-20-16)18-7-4-8-21-9-11-24-12-10-21/h3,5-6H,4,7-12H2,1-2H3,(H,18,19,20). The van der Waals surface area contributed by atoms with Gasteiger partial charge in [-0.05, 0) is 25.1 Å². The van der Waals surface area contributed by atoms with E-state index in [2.05, 4.69) is 20.4 Å². The van der Waals surface area contributed by atoms with Crippen molar-refractivity contribution in [2.75, 3.05) is 58.9 Å². The van der Waals surface area contributed by atoms with Gasteiger partial charge in [0.05, 0.1) is 33.0 Å². The first kappa shape index (κ1) is 17.5. The first-order valence-electron chi connectivity index (χ1n) is 8.41. The largest absolute Gasteiger partial charge is 0.493 e. The molecule has 136 valence electrons. The third kappa shape index (κ3) is 4.40. The molecule has 0 saturated carbocycles. The number of anilines is 1. The van der Waals surface area contributed by atoms with Gasteiger partial charge in [0.1, 0.15) is 0 Å². The second-order valence-electron chi connectivity index (χ2n) is 5.70. The first-order valence-corrected chi connectivity index (χ1v) is 8.41. The normalized spacial score (nSPS) is 15.1. The highest BCUT2D eigenvalue weighted by Crippen LogP contribution is 2.36. The lowest BCUT2D eigenvalue weighted by atomic mass is 10.2. The van der Waals surface area contributed by atoms with Crippen molar-refractivity contribution in [1.29, 1.82) is 0 Å². The van der Waals surface area contributed by atoms with E-state index >= 15 is 0 Å². The molecule has 1 saturated heterocycles. The van der Waals surface area contributed by atoms with E-state index in [1.165, 1.54) is 0 Å². The maximum absolute atomic E-state index is 5.41. The fourth-order valence-electron chi connectivity index (χ4n) is 2.79. The molecule has 3 rings (SSSR count). The molecule has 1 aromatic heterocycles. The minimum absolute atomic E-state index is 0.404. The van der Waals surface area contributed by atoms with Crippen LogP contribution in [-0.2, 0) is 4.74 Å². The van der Waals surface area contributed by atoms with Gasteiger partial charge >= 0.3 is 6.01 Å². The zero-order chi connectivity index (χ0) is 17.5. The average molecular weight is 348 g/mol. The summed E-state index contributed by atoms with van der Waals surface area (Å²) >= 11 is 0. The van der Waals surface area contributed by atoms with Gasteiger partial charge in [-0.25, -0.2) is 0 Å². The van der Waals surface area contributed by atoms with Crippen LogP contribution in [0.1, 0.15) is 6.42 Å². The summed E-state index contributed by atoms with van der Waals surface area (Å²) in [7, 11) is 3.19. The summed E-state index contributed by atoms with van der Waals surface area (Å²) in [4.78, 5) is 6.79. The van der Waals surface area contributed by atoms with Gasteiger partial charge in [-0.3, -0.25) is 4.90 Å². The SMILES string of the molecule is COc1cccc(-c2noc(NCCCN3CCOCC3)n2)c1OC. The summed E-state index contributed by atoms with van der Waals surface area (Å²) in [5.41, 5.74) is 0.729. The van der Waals surface area contributed by atoms with Crippen LogP contribution in [0.25, 0.3) is 11.4 Å². The van der Waals surface area contributed by atoms with Crippen LogP contribution in [0.3, 0.4) is 0 Å². The zero-order valence-corrected chi connectivity index (χ0v) is 14.7. The highest BCUT2D eigenvalue weighted by Gasteiger charge is 2.16. The minimum atomic E-state index is 0.404. The van der Waals surface area contributed by atoms with Gasteiger partial charge < -0.3 is 24.1 Å². The van der Waals surface area contributed by atoms with Gasteiger partial charge in [0.15, 0.2) is 11.5 Å². The molecule has 0 atom stereocenters. The molecule has 0 spiro atoms. The highest BCUT2D eigenvalue weighted by molar-refractivity contribution is 5.68. The Balaban J connectivity index is 1.55. The fraction of sp³-hybridized carbons (Fsp3) is 0.529. The molecule has 0 unspecified atom stereocenters. The lowest BCUT2D eigenvalue weighted by Crippen LogP contribution is -2.37. The van der Waals surface area contributed by atoms with Gasteiger partial charge in [0, 0.05) is 19.6 Å². The van der Waals surface area contributed by atoms with E-state index in [0.717, 1.165) is 51.4 Å². The monoisotopic (exact) mass is 348 g/mol. The second kappa shape index (κ2) is 8.68. The van der Waals surface area contributed by atoms with E-state index < -0.39 is 0 Å². The molecule has 1 aliphatic heterocycles. The number of hydrogen-bond acceptors (Lipinski definition) is 8. The van der Waals surface area contributed by atoms with Crippen molar-refractivity contribution < 1.29 is 18.7 Å². The Morgan fingerprint density at radius 3 is 2.80 bits per heavy atom. The summed E-state index contributed by atoms with van der Waals surface area (Å²) in [5, 5.41) is 7.20. The first-order chi connectivity index (χ1) is 12.3. The Hall–Kier alpha value is -2.32. The van der Waals surface area contributed by atoms with E-state index in [-0.39, 0.29) is 0 Å². The third-order valence-corrected chi connectivity index (χ3v) is 4.10. The summed E-state index contributed by atoms with van der Waals surface area (Å²) in [5.74, 6) is 1.68. The smallest absolute Gasteiger partial charge is 0.321 e. The van der Waals surface area contributed by atoms with Crippen LogP contribution in [0.4, 0.5) is 6.01 Å². The highest BCUT2D eigenvalue weighted by atomic mass is 16.5. The van der Waals surface area contributed by atoms with Crippen molar-refractivity contribution in [3.63, 3.8) is 0 Å². The molecule has 1 N–H and O–H groups in total. The Bertz CT molecular complexity index is 670. The molecule has 1 aliphatic rings. The van der Waals surface area contributed by atoms with Crippen molar-refractivity contribution in [3.8, 4) is 22.9 Å². The quantitative estimate of drug-likeness (QED) is 0.724. The number of para-hydroxylation sites is 1. The Labute approximate surface area is 147 Å². The van der Waals surface area contributed by atoms with Gasteiger partial charge in [-0.15, -0.1) is 0 Å². The van der Waals surface area contributed by atoms with Crippen LogP contribution in [0.15, 0.2) is 22.7 Å². The molecule has 0 bridgehead atoms. The predicted octanol–water partition coefficient (Wildman–Crippen LogP) is 1.89. The van der Waals surface area contributed by atoms with Crippen molar-refractivity contribution in [1.82, 2.24) is 15.0 Å². The maximum atomic E-state index is 5.41. The molecule has 2 heterocycles. The molecule has 2 aromatic rings. The molecule has 8 nitrogen and oxygen atoms in total. The molecular formula is C17H24N4O4. The zero-order valence-electron chi connectivity index (χ0n) is 14.7. The fourth-order valence-corrected chi connectivity index (χ4v) is 2.79. The number of aromatic nitrogens is 2. The van der Waals surface area contributed by atoms with Crippen LogP contribution < -0.4 is 14.8 Å². The molecule has 1 aromatic carbocycles. The Morgan fingerprint density at radius 1 is 1.20 bits per heavy atom. The van der Waals surface area contributed by atoms with Gasteiger partial charge in [-0.2, -0.15) is 4.98 Å². The molecule has 25 heavy (non-hydrogen) atoms. The van der Waals surface area contributed by atoms with E-state index in [1.807, 2.05) is 18.2 Å². The van der Waals surface area contributed by atoms with Gasteiger partial charge in [0.25, 0.3) is 0 Å². The number of nitrogens with zero attached hydrogens (tertiary/aromatic N) is 3. The van der Waals surface area contributed by atoms with E-state index in [4.69, 9.17) is 18.7 Å². The number of methoxy groups -OCH3 is 2. The number of nitrogens with one attached hydrogen (secondary N) is 1. The van der Waals surface area contributed by atoms with Gasteiger partial charge in [-0.1, -0.05) is 11.2 Å². The number of benzene rings is 1. The van der Waals surface area contributed by atoms with Crippen LogP contribution in [0.2, 0.25) is 0 Å². The van der Waals surface area contributed by atoms with E-state index in [0.29, 0.717) is 23.3 Å². The van der Waals surface area contributed by atoms with Crippen LogP contribution in [0.5, 0.6) is 11.5 Å². The van der Waals surface area contributed by atoms with Crippen molar-refractivity contribution >= 4 is 6.01 Å². The third-order valence-electron chi connectivity index (χ3n) is 4.10. The number of morpholine rings is 1. The number of hydrogen-bond donors (Lipinski definition) is 1. The summed E-state index contributed by atoms with van der Waals surface area (Å²) in [6.45, 7) is 5.45. The maximum Gasteiger partial charge on any atom is 0.321 e. The average Bonchev–Trinajstić information content (AvgIpc) is 3.14.